The number of nitrogens with one attached hydrogen (secondary N) is 1. The second-order valence-corrected chi connectivity index (χ2v) is 4.82. The molecule has 110 valence electrons. The molecule has 0 bridgehead atoms. The van der Waals surface area contributed by atoms with Gasteiger partial charge in [-0.25, -0.2) is 9.59 Å². The smallest absolute Gasteiger partial charge is 0.326 e. The van der Waals surface area contributed by atoms with Crippen molar-refractivity contribution in [3.8, 4) is 0 Å². The molecule has 0 aliphatic carbocycles. The number of rotatable bonds is 7. The Labute approximate surface area is 113 Å². The summed E-state index contributed by atoms with van der Waals surface area (Å²) < 4.78 is 0. The molecule has 3 N–H and O–H groups in total. The van der Waals surface area contributed by atoms with E-state index in [1.807, 2.05) is 0 Å². The van der Waals surface area contributed by atoms with E-state index in [1.54, 1.807) is 7.05 Å². The van der Waals surface area contributed by atoms with Gasteiger partial charge in [-0.1, -0.05) is 0 Å². The summed E-state index contributed by atoms with van der Waals surface area (Å²) in [5, 5.41) is 20.0. The Morgan fingerprint density at radius 1 is 1.37 bits per heavy atom. The highest BCUT2D eigenvalue weighted by Crippen LogP contribution is 2.06. The van der Waals surface area contributed by atoms with Crippen LogP contribution in [0.2, 0.25) is 0 Å². The summed E-state index contributed by atoms with van der Waals surface area (Å²) in [6.07, 6.45) is 2.42. The lowest BCUT2D eigenvalue weighted by atomic mass is 10.2. The monoisotopic (exact) mass is 273 g/mol. The van der Waals surface area contributed by atoms with Crippen LogP contribution in [0.1, 0.15) is 19.3 Å². The van der Waals surface area contributed by atoms with Crippen LogP contribution in [-0.2, 0) is 4.79 Å². The summed E-state index contributed by atoms with van der Waals surface area (Å²) in [6, 6.07) is -1.45. The summed E-state index contributed by atoms with van der Waals surface area (Å²) >= 11 is 0. The standard InChI is InChI=1S/C12H23N3O4/c1-14(7-8-15-5-2-3-6-15)12(19)13-10(4-9-16)11(17)18/h10,16H,2-9H2,1H3,(H,13,19)(H,17,18)/t10-/m0/s1. The molecule has 1 rings (SSSR count). The van der Waals surface area contributed by atoms with Crippen molar-refractivity contribution < 1.29 is 19.8 Å². The van der Waals surface area contributed by atoms with E-state index in [9.17, 15) is 9.59 Å². The molecule has 0 radical (unpaired) electrons. The third-order valence-electron chi connectivity index (χ3n) is 3.31. The second-order valence-electron chi connectivity index (χ2n) is 4.82. The molecule has 0 unspecified atom stereocenters. The van der Waals surface area contributed by atoms with Gasteiger partial charge in [0.1, 0.15) is 6.04 Å². The van der Waals surface area contributed by atoms with Crippen molar-refractivity contribution in [1.82, 2.24) is 15.1 Å². The fourth-order valence-corrected chi connectivity index (χ4v) is 2.04. The van der Waals surface area contributed by atoms with Crippen molar-refractivity contribution in [2.45, 2.75) is 25.3 Å². The number of aliphatic hydroxyl groups excluding tert-OH is 1. The van der Waals surface area contributed by atoms with Gasteiger partial charge in [-0.3, -0.25) is 0 Å². The number of likely N-dealkylation sites (N-methyl/N-ethyl adjacent to an activating group) is 1. The molecule has 0 aromatic heterocycles. The molecule has 1 atom stereocenters. The van der Waals surface area contributed by atoms with Gasteiger partial charge in [0, 0.05) is 33.2 Å². The normalized spacial score (nSPS) is 17.2. The molecular weight excluding hydrogens is 250 g/mol. The van der Waals surface area contributed by atoms with E-state index < -0.39 is 18.0 Å². The quantitative estimate of drug-likeness (QED) is 0.585. The number of likely N-dealkylation sites (tertiary alicyclic amines) is 1. The second kappa shape index (κ2) is 7.96. The summed E-state index contributed by atoms with van der Waals surface area (Å²) in [6.45, 7) is 3.24. The van der Waals surface area contributed by atoms with Crippen LogP contribution in [0.4, 0.5) is 4.79 Å². The average molecular weight is 273 g/mol. The van der Waals surface area contributed by atoms with Crippen molar-refractivity contribution >= 4 is 12.0 Å². The Morgan fingerprint density at radius 3 is 2.53 bits per heavy atom. The Bertz CT molecular complexity index is 305. The van der Waals surface area contributed by atoms with Gasteiger partial charge in [-0.15, -0.1) is 0 Å². The number of carbonyl (C=O) groups excluding carboxylic acids is 1. The van der Waals surface area contributed by atoms with E-state index in [0.29, 0.717) is 6.54 Å². The first-order valence-corrected chi connectivity index (χ1v) is 6.62. The summed E-state index contributed by atoms with van der Waals surface area (Å²) in [4.78, 5) is 26.4. The maximum absolute atomic E-state index is 11.8. The molecule has 1 aliphatic heterocycles. The predicted molar refractivity (Wildman–Crippen MR) is 70.0 cm³/mol. The van der Waals surface area contributed by atoms with Crippen LogP contribution in [0.5, 0.6) is 0 Å². The first-order chi connectivity index (χ1) is 9.04. The highest BCUT2D eigenvalue weighted by Gasteiger charge is 2.21. The lowest BCUT2D eigenvalue weighted by Gasteiger charge is -2.23. The number of nitrogens with zero attached hydrogens (tertiary/aromatic N) is 2. The molecule has 1 saturated heterocycles. The van der Waals surface area contributed by atoms with Crippen molar-refractivity contribution in [2.24, 2.45) is 0 Å². The van der Waals surface area contributed by atoms with Crippen LogP contribution in [0.25, 0.3) is 0 Å². The largest absolute Gasteiger partial charge is 0.480 e. The van der Waals surface area contributed by atoms with Crippen LogP contribution < -0.4 is 5.32 Å². The zero-order chi connectivity index (χ0) is 14.3. The predicted octanol–water partition coefficient (Wildman–Crippen LogP) is -0.441. The van der Waals surface area contributed by atoms with Gasteiger partial charge in [0.25, 0.3) is 0 Å². The fraction of sp³-hybridized carbons (Fsp3) is 0.833. The molecule has 7 heteroatoms. The number of hydrogen-bond donors (Lipinski definition) is 3. The Hall–Kier alpha value is -1.34. The number of carboxylic acids is 1. The number of hydrogen-bond acceptors (Lipinski definition) is 4. The van der Waals surface area contributed by atoms with E-state index >= 15 is 0 Å². The number of aliphatic hydroxyl groups is 1. The highest BCUT2D eigenvalue weighted by molar-refractivity contribution is 5.82. The molecule has 0 aromatic carbocycles. The van der Waals surface area contributed by atoms with E-state index in [2.05, 4.69) is 10.2 Å². The molecular formula is C12H23N3O4. The lowest BCUT2D eigenvalue weighted by Crippen LogP contribution is -2.48. The van der Waals surface area contributed by atoms with Crippen LogP contribution >= 0.6 is 0 Å². The van der Waals surface area contributed by atoms with Gasteiger partial charge in [0.15, 0.2) is 0 Å². The molecule has 1 heterocycles. The maximum Gasteiger partial charge on any atom is 0.326 e. The minimum atomic E-state index is -1.13. The van der Waals surface area contributed by atoms with Gasteiger partial charge >= 0.3 is 12.0 Å². The van der Waals surface area contributed by atoms with Crippen LogP contribution in [-0.4, -0.2) is 77.9 Å². The topological polar surface area (TPSA) is 93.1 Å². The van der Waals surface area contributed by atoms with Crippen molar-refractivity contribution in [2.75, 3.05) is 39.8 Å². The third-order valence-corrected chi connectivity index (χ3v) is 3.31. The molecule has 7 nitrogen and oxygen atoms in total. The minimum Gasteiger partial charge on any atom is -0.480 e. The number of amides is 2. The van der Waals surface area contributed by atoms with Crippen LogP contribution in [0.15, 0.2) is 0 Å². The van der Waals surface area contributed by atoms with E-state index in [-0.39, 0.29) is 13.0 Å². The van der Waals surface area contributed by atoms with Gasteiger partial charge in [-0.05, 0) is 25.9 Å². The fourth-order valence-electron chi connectivity index (χ4n) is 2.04. The van der Waals surface area contributed by atoms with E-state index in [1.165, 1.54) is 17.7 Å². The minimum absolute atomic E-state index is 0.0149. The summed E-state index contributed by atoms with van der Waals surface area (Å²) in [7, 11) is 1.64. The van der Waals surface area contributed by atoms with Crippen molar-refractivity contribution in [1.29, 1.82) is 0 Å². The van der Waals surface area contributed by atoms with Gasteiger partial charge in [0.05, 0.1) is 0 Å². The SMILES string of the molecule is CN(CCN1CCCC1)C(=O)N[C@@H](CCO)C(=O)O. The average Bonchev–Trinajstić information content (AvgIpc) is 2.88. The molecule has 1 aliphatic rings. The first kappa shape index (κ1) is 15.7. The van der Waals surface area contributed by atoms with E-state index in [4.69, 9.17) is 10.2 Å². The van der Waals surface area contributed by atoms with Crippen LogP contribution in [0.3, 0.4) is 0 Å². The Morgan fingerprint density at radius 2 is 2.00 bits per heavy atom. The molecule has 1 fully saturated rings. The lowest BCUT2D eigenvalue weighted by molar-refractivity contribution is -0.139. The zero-order valence-corrected chi connectivity index (χ0v) is 11.3. The zero-order valence-electron chi connectivity index (χ0n) is 11.3. The number of carbonyl (C=O) groups is 2. The number of urea groups is 1. The highest BCUT2D eigenvalue weighted by atomic mass is 16.4. The Kier molecular flexibility index (Phi) is 6.58. The first-order valence-electron chi connectivity index (χ1n) is 6.62. The van der Waals surface area contributed by atoms with Gasteiger partial charge in [0.2, 0.25) is 0 Å². The third kappa shape index (κ3) is 5.44. The summed E-state index contributed by atoms with van der Waals surface area (Å²) in [5.41, 5.74) is 0. The molecule has 0 aromatic rings. The number of carboxylic acid groups (broad SMARTS) is 1. The maximum atomic E-state index is 11.8. The van der Waals surface area contributed by atoms with Gasteiger partial charge < -0.3 is 25.3 Å². The molecule has 0 saturated carbocycles. The summed E-state index contributed by atoms with van der Waals surface area (Å²) in [5.74, 6) is -1.13. The van der Waals surface area contributed by atoms with Crippen molar-refractivity contribution in [3.05, 3.63) is 0 Å². The molecule has 2 amide bonds. The number of aliphatic carboxylic acids is 1. The van der Waals surface area contributed by atoms with Gasteiger partial charge in [-0.2, -0.15) is 0 Å². The molecule has 0 spiro atoms. The van der Waals surface area contributed by atoms with Crippen molar-refractivity contribution in [3.63, 3.8) is 0 Å². The van der Waals surface area contributed by atoms with E-state index in [0.717, 1.165) is 19.6 Å². The van der Waals surface area contributed by atoms with Crippen LogP contribution in [0, 0.1) is 0 Å². The molecule has 19 heavy (non-hydrogen) atoms. The Balaban J connectivity index is 2.31.